The summed E-state index contributed by atoms with van der Waals surface area (Å²) in [6.45, 7) is 2.40. The van der Waals surface area contributed by atoms with Gasteiger partial charge in [-0.2, -0.15) is 0 Å². The molecule has 0 bridgehead atoms. The maximum Gasteiger partial charge on any atom is 0.341 e. The van der Waals surface area contributed by atoms with Crippen molar-refractivity contribution >= 4 is 5.97 Å². The molecular weight excluding hydrogens is 288 g/mol. The number of hydrogen-bond donors (Lipinski definition) is 0. The fraction of sp³-hybridized carbons (Fsp3) is 0.562. The van der Waals surface area contributed by atoms with Crippen LogP contribution in [0.4, 0.5) is 0 Å². The van der Waals surface area contributed by atoms with E-state index < -0.39 is 5.97 Å². The van der Waals surface area contributed by atoms with Gasteiger partial charge >= 0.3 is 5.97 Å². The predicted molar refractivity (Wildman–Crippen MR) is 77.8 cm³/mol. The van der Waals surface area contributed by atoms with Crippen LogP contribution in [0, 0.1) is 5.41 Å². The molecule has 22 heavy (non-hydrogen) atoms. The second-order valence-corrected chi connectivity index (χ2v) is 5.65. The fourth-order valence-electron chi connectivity index (χ4n) is 2.84. The number of ether oxygens (including phenoxy) is 5. The van der Waals surface area contributed by atoms with Crippen molar-refractivity contribution in [1.82, 2.24) is 0 Å². The number of methoxy groups -OCH3 is 2. The smallest absolute Gasteiger partial charge is 0.341 e. The second-order valence-electron chi connectivity index (χ2n) is 5.65. The topological polar surface area (TPSA) is 63.2 Å². The van der Waals surface area contributed by atoms with E-state index in [0.717, 1.165) is 12.8 Å². The van der Waals surface area contributed by atoms with E-state index >= 15 is 0 Å². The summed E-state index contributed by atoms with van der Waals surface area (Å²) in [6, 6.07) is 3.32. The number of carbonyl (C=O) groups is 1. The van der Waals surface area contributed by atoms with E-state index in [-0.39, 0.29) is 5.41 Å². The molecule has 0 aromatic heterocycles. The molecule has 1 aromatic rings. The molecule has 1 aromatic carbocycles. The van der Waals surface area contributed by atoms with Crippen LogP contribution in [0.25, 0.3) is 0 Å². The molecule has 0 N–H and O–H groups in total. The third-order valence-electron chi connectivity index (χ3n) is 4.30. The Morgan fingerprint density at radius 1 is 1.09 bits per heavy atom. The molecule has 0 unspecified atom stereocenters. The summed E-state index contributed by atoms with van der Waals surface area (Å²) in [5, 5.41) is 0. The average molecular weight is 308 g/mol. The summed E-state index contributed by atoms with van der Waals surface area (Å²) in [5.41, 5.74) is 0.262. The van der Waals surface area contributed by atoms with Gasteiger partial charge in [0.2, 0.25) is 5.75 Å². The normalized spacial score (nSPS) is 19.4. The first-order valence-electron chi connectivity index (χ1n) is 7.32. The van der Waals surface area contributed by atoms with Gasteiger partial charge in [-0.1, -0.05) is 0 Å². The molecule has 1 spiro atoms. The lowest BCUT2D eigenvalue weighted by Crippen LogP contribution is -2.39. The van der Waals surface area contributed by atoms with Gasteiger partial charge in [-0.3, -0.25) is 0 Å². The number of rotatable bonds is 2. The lowest BCUT2D eigenvalue weighted by molar-refractivity contribution is -0.0255. The Morgan fingerprint density at radius 3 is 2.41 bits per heavy atom. The van der Waals surface area contributed by atoms with Crippen LogP contribution in [0.2, 0.25) is 0 Å². The Bertz CT molecular complexity index is 562. The molecule has 6 heteroatoms. The van der Waals surface area contributed by atoms with Crippen molar-refractivity contribution in [3.05, 3.63) is 17.7 Å². The van der Waals surface area contributed by atoms with Gasteiger partial charge in [0.05, 0.1) is 27.4 Å². The molecule has 2 aliphatic heterocycles. The van der Waals surface area contributed by atoms with Crippen molar-refractivity contribution in [2.24, 2.45) is 5.41 Å². The van der Waals surface area contributed by atoms with E-state index in [1.807, 2.05) is 0 Å². The average Bonchev–Trinajstić information content (AvgIpc) is 2.75. The summed E-state index contributed by atoms with van der Waals surface area (Å²) >= 11 is 0. The standard InChI is InChI=1S/C16H20O6/c1-18-12-4-3-11(15(17)19-2)13-14(12)22-10-16(9-21-13)5-7-20-8-6-16/h3-4H,5-10H2,1-2H3. The van der Waals surface area contributed by atoms with Gasteiger partial charge in [0, 0.05) is 18.6 Å². The summed E-state index contributed by atoms with van der Waals surface area (Å²) < 4.78 is 27.5. The van der Waals surface area contributed by atoms with Crippen LogP contribution in [0.3, 0.4) is 0 Å². The Kier molecular flexibility index (Phi) is 4.11. The van der Waals surface area contributed by atoms with Crippen LogP contribution in [0.1, 0.15) is 23.2 Å². The zero-order valence-electron chi connectivity index (χ0n) is 12.8. The van der Waals surface area contributed by atoms with E-state index in [1.54, 1.807) is 19.2 Å². The minimum absolute atomic E-state index is 0.0876. The van der Waals surface area contributed by atoms with Gasteiger partial charge in [-0.15, -0.1) is 0 Å². The van der Waals surface area contributed by atoms with Crippen molar-refractivity contribution < 1.29 is 28.5 Å². The predicted octanol–water partition coefficient (Wildman–Crippen LogP) is 2.05. The third-order valence-corrected chi connectivity index (χ3v) is 4.30. The molecule has 6 nitrogen and oxygen atoms in total. The van der Waals surface area contributed by atoms with Crippen LogP contribution < -0.4 is 14.2 Å². The maximum atomic E-state index is 11.9. The molecule has 120 valence electrons. The summed E-state index contributed by atoms with van der Waals surface area (Å²) in [6.07, 6.45) is 1.74. The van der Waals surface area contributed by atoms with Crippen LogP contribution in [0.5, 0.6) is 17.2 Å². The van der Waals surface area contributed by atoms with Crippen LogP contribution in [-0.4, -0.2) is 46.6 Å². The maximum absolute atomic E-state index is 11.9. The Morgan fingerprint density at radius 2 is 1.77 bits per heavy atom. The van der Waals surface area contributed by atoms with Gasteiger partial charge in [-0.05, 0) is 25.0 Å². The van der Waals surface area contributed by atoms with E-state index in [4.69, 9.17) is 23.7 Å². The number of esters is 1. The monoisotopic (exact) mass is 308 g/mol. The SMILES string of the molecule is COC(=O)c1ccc(OC)c2c1OCC1(CCOCC1)CO2. The zero-order valence-corrected chi connectivity index (χ0v) is 12.8. The number of benzene rings is 1. The van der Waals surface area contributed by atoms with Gasteiger partial charge in [0.25, 0.3) is 0 Å². The van der Waals surface area contributed by atoms with Crippen molar-refractivity contribution in [2.45, 2.75) is 12.8 Å². The fourth-order valence-corrected chi connectivity index (χ4v) is 2.84. The van der Waals surface area contributed by atoms with Gasteiger partial charge in [-0.25, -0.2) is 4.79 Å². The molecule has 1 fully saturated rings. The van der Waals surface area contributed by atoms with Gasteiger partial charge in [0.15, 0.2) is 11.5 Å². The van der Waals surface area contributed by atoms with E-state index in [2.05, 4.69) is 0 Å². The van der Waals surface area contributed by atoms with Crippen molar-refractivity contribution in [1.29, 1.82) is 0 Å². The molecule has 0 aliphatic carbocycles. The van der Waals surface area contributed by atoms with Gasteiger partial charge < -0.3 is 23.7 Å². The summed E-state index contributed by atoms with van der Waals surface area (Å²) in [4.78, 5) is 11.9. The number of carbonyl (C=O) groups excluding carboxylic acids is 1. The highest BCUT2D eigenvalue weighted by Gasteiger charge is 2.38. The first-order chi connectivity index (χ1) is 10.7. The largest absolute Gasteiger partial charge is 0.493 e. The minimum atomic E-state index is -0.453. The van der Waals surface area contributed by atoms with E-state index in [1.165, 1.54) is 7.11 Å². The number of fused-ring (bicyclic) bond motifs is 1. The number of hydrogen-bond acceptors (Lipinski definition) is 6. The Hall–Kier alpha value is -1.95. The van der Waals surface area contributed by atoms with E-state index in [9.17, 15) is 4.79 Å². The Balaban J connectivity index is 1.97. The minimum Gasteiger partial charge on any atom is -0.493 e. The zero-order chi connectivity index (χ0) is 15.6. The van der Waals surface area contributed by atoms with E-state index in [0.29, 0.717) is 49.2 Å². The molecule has 0 amide bonds. The highest BCUT2D eigenvalue weighted by Crippen LogP contribution is 2.45. The van der Waals surface area contributed by atoms with Crippen molar-refractivity contribution in [3.8, 4) is 17.2 Å². The molecule has 3 rings (SSSR count). The quantitative estimate of drug-likeness (QED) is 0.779. The molecule has 1 saturated heterocycles. The van der Waals surface area contributed by atoms with Crippen LogP contribution in [-0.2, 0) is 9.47 Å². The van der Waals surface area contributed by atoms with Crippen molar-refractivity contribution in [2.75, 3.05) is 40.6 Å². The molecule has 0 atom stereocenters. The first kappa shape index (κ1) is 15.0. The summed E-state index contributed by atoms with van der Waals surface area (Å²) in [7, 11) is 2.91. The first-order valence-corrected chi connectivity index (χ1v) is 7.32. The molecule has 0 saturated carbocycles. The summed E-state index contributed by atoms with van der Waals surface area (Å²) in [5.74, 6) is 0.959. The lowest BCUT2D eigenvalue weighted by Gasteiger charge is -2.34. The second kappa shape index (κ2) is 6.04. The van der Waals surface area contributed by atoms with Crippen LogP contribution >= 0.6 is 0 Å². The van der Waals surface area contributed by atoms with Crippen LogP contribution in [0.15, 0.2) is 12.1 Å². The molecule has 0 radical (unpaired) electrons. The molecule has 2 aliphatic rings. The van der Waals surface area contributed by atoms with Crippen molar-refractivity contribution in [3.63, 3.8) is 0 Å². The lowest BCUT2D eigenvalue weighted by atomic mass is 9.82. The molecule has 2 heterocycles. The highest BCUT2D eigenvalue weighted by atomic mass is 16.6. The highest BCUT2D eigenvalue weighted by molar-refractivity contribution is 5.94. The Labute approximate surface area is 129 Å². The molecular formula is C16H20O6. The third kappa shape index (κ3) is 2.59. The van der Waals surface area contributed by atoms with Gasteiger partial charge in [0.1, 0.15) is 5.56 Å².